The molecule has 2 aromatic carbocycles. The normalized spacial score (nSPS) is 12.0. The largest absolute Gasteiger partial charge is 0.497 e. The molecule has 0 unspecified atom stereocenters. The molecule has 0 saturated carbocycles. The van der Waals surface area contributed by atoms with Crippen LogP contribution in [0, 0.1) is 5.92 Å². The van der Waals surface area contributed by atoms with Gasteiger partial charge in [-0.05, 0) is 30.2 Å². The van der Waals surface area contributed by atoms with Gasteiger partial charge < -0.3 is 19.1 Å². The van der Waals surface area contributed by atoms with E-state index >= 15 is 0 Å². The van der Waals surface area contributed by atoms with E-state index in [2.05, 4.69) is 20.6 Å². The SMILES string of the molecule is COc1ccc(-c2cc(C(=O)N[C@@H](c3nc(-c4ccccc4)no3)C(C)C)no2)cc1. The van der Waals surface area contributed by atoms with Crippen molar-refractivity contribution in [2.24, 2.45) is 5.92 Å². The lowest BCUT2D eigenvalue weighted by molar-refractivity contribution is 0.0904. The molecular formula is C23H22N4O4. The Hall–Kier alpha value is -3.94. The van der Waals surface area contributed by atoms with Gasteiger partial charge in [0, 0.05) is 17.2 Å². The van der Waals surface area contributed by atoms with Gasteiger partial charge in [-0.2, -0.15) is 4.98 Å². The fraction of sp³-hybridized carbons (Fsp3) is 0.217. The van der Waals surface area contributed by atoms with E-state index in [4.69, 9.17) is 13.8 Å². The third kappa shape index (κ3) is 4.48. The summed E-state index contributed by atoms with van der Waals surface area (Å²) in [5, 5.41) is 10.9. The van der Waals surface area contributed by atoms with Crippen LogP contribution >= 0.6 is 0 Å². The summed E-state index contributed by atoms with van der Waals surface area (Å²) in [5.41, 5.74) is 1.79. The number of nitrogens with one attached hydrogen (secondary N) is 1. The van der Waals surface area contributed by atoms with Crippen molar-refractivity contribution in [2.75, 3.05) is 7.11 Å². The minimum absolute atomic E-state index is 0.0148. The molecule has 0 saturated heterocycles. The van der Waals surface area contributed by atoms with Crippen LogP contribution in [0.2, 0.25) is 0 Å². The first-order chi connectivity index (χ1) is 15.0. The average Bonchev–Trinajstić information content (AvgIpc) is 3.48. The molecular weight excluding hydrogens is 396 g/mol. The number of carbonyl (C=O) groups excluding carboxylic acids is 1. The number of aromatic nitrogens is 3. The maximum absolute atomic E-state index is 12.8. The van der Waals surface area contributed by atoms with Gasteiger partial charge in [-0.1, -0.05) is 54.5 Å². The standard InChI is InChI=1S/C23H22N4O4/c1-14(2)20(23-25-21(27-31-23)16-7-5-4-6-8-16)24-22(28)18-13-19(30-26-18)15-9-11-17(29-3)12-10-15/h4-14,20H,1-3H3,(H,24,28)/t20-/m1/s1. The number of rotatable bonds is 7. The highest BCUT2D eigenvalue weighted by atomic mass is 16.5. The van der Waals surface area contributed by atoms with E-state index < -0.39 is 6.04 Å². The van der Waals surface area contributed by atoms with Crippen LogP contribution in [0.1, 0.15) is 36.3 Å². The molecule has 0 aliphatic heterocycles. The Morgan fingerprint density at radius 1 is 0.968 bits per heavy atom. The molecule has 0 aliphatic rings. The van der Waals surface area contributed by atoms with Crippen molar-refractivity contribution in [3.05, 3.63) is 72.2 Å². The summed E-state index contributed by atoms with van der Waals surface area (Å²) in [6, 6.07) is 17.9. The maximum atomic E-state index is 12.8. The first kappa shape index (κ1) is 20.3. The van der Waals surface area contributed by atoms with Crippen molar-refractivity contribution in [1.29, 1.82) is 0 Å². The Morgan fingerprint density at radius 3 is 2.39 bits per heavy atom. The number of nitrogens with zero attached hydrogens (tertiary/aromatic N) is 3. The van der Waals surface area contributed by atoms with Crippen LogP contribution in [-0.4, -0.2) is 28.3 Å². The third-order valence-electron chi connectivity index (χ3n) is 4.81. The molecule has 4 rings (SSSR count). The molecule has 0 bridgehead atoms. The molecule has 0 aliphatic carbocycles. The number of methoxy groups -OCH3 is 1. The van der Waals surface area contributed by atoms with Crippen molar-refractivity contribution in [1.82, 2.24) is 20.6 Å². The summed E-state index contributed by atoms with van der Waals surface area (Å²) in [6.45, 7) is 3.92. The summed E-state index contributed by atoms with van der Waals surface area (Å²) in [7, 11) is 1.60. The topological polar surface area (TPSA) is 103 Å². The van der Waals surface area contributed by atoms with Gasteiger partial charge in [0.25, 0.3) is 5.91 Å². The number of hydrogen-bond acceptors (Lipinski definition) is 7. The molecule has 2 heterocycles. The van der Waals surface area contributed by atoms with E-state index in [1.165, 1.54) is 0 Å². The molecule has 2 aromatic heterocycles. The van der Waals surface area contributed by atoms with E-state index in [1.807, 2.05) is 68.4 Å². The van der Waals surface area contributed by atoms with Gasteiger partial charge in [0.05, 0.1) is 7.11 Å². The molecule has 8 nitrogen and oxygen atoms in total. The molecule has 31 heavy (non-hydrogen) atoms. The summed E-state index contributed by atoms with van der Waals surface area (Å²) >= 11 is 0. The number of ether oxygens (including phenoxy) is 1. The molecule has 1 N–H and O–H groups in total. The van der Waals surface area contributed by atoms with Crippen LogP contribution in [0.3, 0.4) is 0 Å². The van der Waals surface area contributed by atoms with Crippen LogP contribution in [0.5, 0.6) is 5.75 Å². The van der Waals surface area contributed by atoms with Gasteiger partial charge in [0.15, 0.2) is 11.5 Å². The minimum Gasteiger partial charge on any atom is -0.497 e. The molecule has 1 amide bonds. The second-order valence-corrected chi connectivity index (χ2v) is 7.32. The molecule has 0 fully saturated rings. The zero-order chi connectivity index (χ0) is 21.8. The van der Waals surface area contributed by atoms with E-state index in [0.717, 1.165) is 16.9 Å². The number of benzene rings is 2. The lowest BCUT2D eigenvalue weighted by atomic mass is 10.0. The number of hydrogen-bond donors (Lipinski definition) is 1. The Bertz CT molecular complexity index is 1150. The van der Waals surface area contributed by atoms with Crippen LogP contribution in [0.15, 0.2) is 69.7 Å². The first-order valence-corrected chi connectivity index (χ1v) is 9.86. The van der Waals surface area contributed by atoms with Crippen LogP contribution in [-0.2, 0) is 0 Å². The zero-order valence-electron chi connectivity index (χ0n) is 17.4. The Kier molecular flexibility index (Phi) is 5.79. The molecule has 158 valence electrons. The van der Waals surface area contributed by atoms with Crippen molar-refractivity contribution in [3.8, 4) is 28.5 Å². The Labute approximate surface area is 179 Å². The minimum atomic E-state index is -0.474. The second kappa shape index (κ2) is 8.83. The van der Waals surface area contributed by atoms with Crippen LogP contribution in [0.4, 0.5) is 0 Å². The smallest absolute Gasteiger partial charge is 0.274 e. The molecule has 0 spiro atoms. The predicted octanol–water partition coefficient (Wildman–Crippen LogP) is 4.53. The summed E-state index contributed by atoms with van der Waals surface area (Å²) in [4.78, 5) is 17.3. The van der Waals surface area contributed by atoms with Crippen molar-refractivity contribution in [3.63, 3.8) is 0 Å². The van der Waals surface area contributed by atoms with E-state index in [0.29, 0.717) is 17.5 Å². The summed E-state index contributed by atoms with van der Waals surface area (Å²) < 4.78 is 16.0. The third-order valence-corrected chi connectivity index (χ3v) is 4.81. The Balaban J connectivity index is 1.51. The second-order valence-electron chi connectivity index (χ2n) is 7.32. The van der Waals surface area contributed by atoms with Crippen LogP contribution in [0.25, 0.3) is 22.7 Å². The van der Waals surface area contributed by atoms with Crippen molar-refractivity contribution >= 4 is 5.91 Å². The van der Waals surface area contributed by atoms with Gasteiger partial charge in [-0.15, -0.1) is 0 Å². The molecule has 0 radical (unpaired) electrons. The highest BCUT2D eigenvalue weighted by molar-refractivity contribution is 5.93. The molecule has 8 heteroatoms. The lowest BCUT2D eigenvalue weighted by Crippen LogP contribution is -2.32. The van der Waals surface area contributed by atoms with Gasteiger partial charge in [0.2, 0.25) is 11.7 Å². The van der Waals surface area contributed by atoms with Gasteiger partial charge in [-0.25, -0.2) is 0 Å². The Morgan fingerprint density at radius 2 is 1.71 bits per heavy atom. The van der Waals surface area contributed by atoms with E-state index in [9.17, 15) is 4.79 Å². The van der Waals surface area contributed by atoms with Crippen molar-refractivity contribution in [2.45, 2.75) is 19.9 Å². The molecule has 1 atom stereocenters. The monoisotopic (exact) mass is 418 g/mol. The van der Waals surface area contributed by atoms with Gasteiger partial charge >= 0.3 is 0 Å². The van der Waals surface area contributed by atoms with E-state index in [-0.39, 0.29) is 17.5 Å². The lowest BCUT2D eigenvalue weighted by Gasteiger charge is -2.17. The summed E-state index contributed by atoms with van der Waals surface area (Å²) in [6.07, 6.45) is 0. The van der Waals surface area contributed by atoms with Gasteiger partial charge in [0.1, 0.15) is 11.8 Å². The van der Waals surface area contributed by atoms with Crippen LogP contribution < -0.4 is 10.1 Å². The fourth-order valence-electron chi connectivity index (χ4n) is 3.07. The average molecular weight is 418 g/mol. The highest BCUT2D eigenvalue weighted by Crippen LogP contribution is 2.26. The quantitative estimate of drug-likeness (QED) is 0.470. The van der Waals surface area contributed by atoms with Crippen molar-refractivity contribution < 1.29 is 18.6 Å². The van der Waals surface area contributed by atoms with E-state index in [1.54, 1.807) is 13.2 Å². The maximum Gasteiger partial charge on any atom is 0.274 e. The predicted molar refractivity (Wildman–Crippen MR) is 113 cm³/mol. The highest BCUT2D eigenvalue weighted by Gasteiger charge is 2.26. The first-order valence-electron chi connectivity index (χ1n) is 9.86. The fourth-order valence-corrected chi connectivity index (χ4v) is 3.07. The number of amides is 1. The zero-order valence-corrected chi connectivity index (χ0v) is 17.4. The number of carbonyl (C=O) groups is 1. The summed E-state index contributed by atoms with van der Waals surface area (Å²) in [5.74, 6) is 1.65. The van der Waals surface area contributed by atoms with Gasteiger partial charge in [-0.3, -0.25) is 4.79 Å². The molecule has 4 aromatic rings.